The highest BCUT2D eigenvalue weighted by molar-refractivity contribution is 5.89. The van der Waals surface area contributed by atoms with Crippen LogP contribution >= 0.6 is 0 Å². The van der Waals surface area contributed by atoms with E-state index >= 15 is 4.39 Å². The molecular formula is C27H21F5. The number of fused-ring (bicyclic) bond motifs is 1. The molecule has 0 amide bonds. The number of rotatable bonds is 6. The van der Waals surface area contributed by atoms with Crippen LogP contribution in [0.1, 0.15) is 31.7 Å². The van der Waals surface area contributed by atoms with E-state index in [0.717, 1.165) is 55.5 Å². The van der Waals surface area contributed by atoms with Gasteiger partial charge in [0.1, 0.15) is 29.1 Å². The summed E-state index contributed by atoms with van der Waals surface area (Å²) in [6.07, 6.45) is 4.21. The van der Waals surface area contributed by atoms with Crippen LogP contribution in [0.2, 0.25) is 0 Å². The molecule has 0 aliphatic carbocycles. The maximum Gasteiger partial charge on any atom is 0.138 e. The largest absolute Gasteiger partial charge is 0.207 e. The van der Waals surface area contributed by atoms with E-state index in [2.05, 4.69) is 6.92 Å². The van der Waals surface area contributed by atoms with Crippen molar-refractivity contribution in [2.45, 2.75) is 32.6 Å². The molecule has 0 unspecified atom stereocenters. The van der Waals surface area contributed by atoms with Gasteiger partial charge in [-0.05, 0) is 59.2 Å². The zero-order chi connectivity index (χ0) is 22.8. The van der Waals surface area contributed by atoms with Crippen molar-refractivity contribution < 1.29 is 22.0 Å². The average molecular weight is 440 g/mol. The van der Waals surface area contributed by atoms with Crippen molar-refractivity contribution in [1.29, 1.82) is 0 Å². The molecule has 0 saturated heterocycles. The molecule has 0 heterocycles. The fourth-order valence-corrected chi connectivity index (χ4v) is 4.00. The highest BCUT2D eigenvalue weighted by atomic mass is 19.1. The number of hydrogen-bond donors (Lipinski definition) is 0. The summed E-state index contributed by atoms with van der Waals surface area (Å²) in [7, 11) is 0. The number of unbranched alkanes of at least 4 members (excludes halogenated alkanes) is 2. The lowest BCUT2D eigenvalue weighted by Crippen LogP contribution is -1.96. The Kier molecular flexibility index (Phi) is 6.26. The van der Waals surface area contributed by atoms with Crippen LogP contribution in [0.15, 0.2) is 60.7 Å². The van der Waals surface area contributed by atoms with Gasteiger partial charge in [-0.2, -0.15) is 0 Å². The molecule has 4 aromatic carbocycles. The van der Waals surface area contributed by atoms with E-state index in [1.165, 1.54) is 6.07 Å². The van der Waals surface area contributed by atoms with Crippen LogP contribution in [0.4, 0.5) is 22.0 Å². The summed E-state index contributed by atoms with van der Waals surface area (Å²) in [5, 5.41) is 1.08. The molecule has 5 heteroatoms. The van der Waals surface area contributed by atoms with Crippen molar-refractivity contribution >= 4 is 10.8 Å². The predicted octanol–water partition coefficient (Wildman–Crippen LogP) is 8.60. The SMILES string of the molecule is CCCCCc1ccc2c(F)c(-c3cc(F)c(-c4cc(F)cc(F)c4)c(F)c3)ccc2c1. The molecule has 0 saturated carbocycles. The average Bonchev–Trinajstić information content (AvgIpc) is 2.73. The third kappa shape index (κ3) is 4.38. The zero-order valence-corrected chi connectivity index (χ0v) is 17.5. The lowest BCUT2D eigenvalue weighted by Gasteiger charge is -2.12. The fourth-order valence-electron chi connectivity index (χ4n) is 4.00. The number of hydrogen-bond acceptors (Lipinski definition) is 0. The van der Waals surface area contributed by atoms with Gasteiger partial charge in [0.25, 0.3) is 0 Å². The summed E-state index contributed by atoms with van der Waals surface area (Å²) in [5.41, 5.74) is 0.337. The summed E-state index contributed by atoms with van der Waals surface area (Å²) in [4.78, 5) is 0. The summed E-state index contributed by atoms with van der Waals surface area (Å²) < 4.78 is 71.8. The van der Waals surface area contributed by atoms with Crippen LogP contribution in [0, 0.1) is 29.1 Å². The number of benzene rings is 4. The van der Waals surface area contributed by atoms with Crippen molar-refractivity contribution in [2.24, 2.45) is 0 Å². The van der Waals surface area contributed by atoms with Crippen molar-refractivity contribution in [3.63, 3.8) is 0 Å². The van der Waals surface area contributed by atoms with Crippen LogP contribution in [0.5, 0.6) is 0 Å². The van der Waals surface area contributed by atoms with Gasteiger partial charge in [0.2, 0.25) is 0 Å². The second-order valence-electron chi connectivity index (χ2n) is 7.91. The molecule has 0 bridgehead atoms. The van der Waals surface area contributed by atoms with Crippen LogP contribution in [-0.4, -0.2) is 0 Å². The molecule has 0 N–H and O–H groups in total. The van der Waals surface area contributed by atoms with E-state index in [9.17, 15) is 17.6 Å². The van der Waals surface area contributed by atoms with Gasteiger partial charge in [-0.25, -0.2) is 22.0 Å². The molecular weight excluding hydrogens is 419 g/mol. The minimum atomic E-state index is -1.03. The van der Waals surface area contributed by atoms with Crippen LogP contribution in [-0.2, 0) is 6.42 Å². The molecule has 0 aliphatic rings. The summed E-state index contributed by atoms with van der Waals surface area (Å²) in [6, 6.07) is 13.0. The molecule has 0 atom stereocenters. The minimum Gasteiger partial charge on any atom is -0.207 e. The second-order valence-corrected chi connectivity index (χ2v) is 7.91. The summed E-state index contributed by atoms with van der Waals surface area (Å²) in [6.45, 7) is 2.13. The smallest absolute Gasteiger partial charge is 0.138 e. The van der Waals surface area contributed by atoms with Crippen molar-refractivity contribution in [1.82, 2.24) is 0 Å². The van der Waals surface area contributed by atoms with E-state index in [0.29, 0.717) is 16.8 Å². The Bertz CT molecular complexity index is 1250. The Hall–Kier alpha value is -3.21. The standard InChI is InChI=1S/C27H21F5/c1-2-3-4-5-16-6-8-22-17(10-16)7-9-23(27(22)32)18-13-24(30)26(25(31)14-18)19-11-20(28)15-21(29)12-19/h6-15H,2-5H2,1H3. The molecule has 4 aromatic rings. The maximum atomic E-state index is 15.2. The topological polar surface area (TPSA) is 0 Å². The van der Waals surface area contributed by atoms with E-state index in [1.54, 1.807) is 12.1 Å². The van der Waals surface area contributed by atoms with Gasteiger partial charge >= 0.3 is 0 Å². The first kappa shape index (κ1) is 22.0. The molecule has 0 spiro atoms. The first-order valence-electron chi connectivity index (χ1n) is 10.5. The van der Waals surface area contributed by atoms with Crippen molar-refractivity contribution in [3.8, 4) is 22.3 Å². The number of halogens is 5. The molecule has 164 valence electrons. The molecule has 0 aromatic heterocycles. The fraction of sp³-hybridized carbons (Fsp3) is 0.185. The van der Waals surface area contributed by atoms with Crippen LogP contribution in [0.3, 0.4) is 0 Å². The first-order valence-corrected chi connectivity index (χ1v) is 10.5. The Morgan fingerprint density at radius 1 is 0.656 bits per heavy atom. The first-order chi connectivity index (χ1) is 15.4. The molecule has 0 nitrogen and oxygen atoms in total. The summed E-state index contributed by atoms with van der Waals surface area (Å²) >= 11 is 0. The highest BCUT2D eigenvalue weighted by Gasteiger charge is 2.18. The van der Waals surface area contributed by atoms with Gasteiger partial charge < -0.3 is 0 Å². The van der Waals surface area contributed by atoms with Crippen molar-refractivity contribution in [2.75, 3.05) is 0 Å². The zero-order valence-electron chi connectivity index (χ0n) is 17.5. The Labute approximate surface area is 183 Å². The maximum absolute atomic E-state index is 15.2. The van der Waals surface area contributed by atoms with E-state index in [-0.39, 0.29) is 16.7 Å². The van der Waals surface area contributed by atoms with Crippen molar-refractivity contribution in [3.05, 3.63) is 95.3 Å². The van der Waals surface area contributed by atoms with Gasteiger partial charge in [0.15, 0.2) is 0 Å². The predicted molar refractivity (Wildman–Crippen MR) is 118 cm³/mol. The normalized spacial score (nSPS) is 11.3. The number of aryl methyl sites for hydroxylation is 1. The summed E-state index contributed by atoms with van der Waals surface area (Å²) in [5.74, 6) is -4.53. The van der Waals surface area contributed by atoms with Gasteiger partial charge in [-0.15, -0.1) is 0 Å². The minimum absolute atomic E-state index is 0.00653. The third-order valence-electron chi connectivity index (χ3n) is 5.59. The quantitative estimate of drug-likeness (QED) is 0.208. The van der Waals surface area contributed by atoms with E-state index in [1.807, 2.05) is 12.1 Å². The van der Waals surface area contributed by atoms with Crippen LogP contribution in [0.25, 0.3) is 33.0 Å². The van der Waals surface area contributed by atoms with E-state index in [4.69, 9.17) is 0 Å². The third-order valence-corrected chi connectivity index (χ3v) is 5.59. The highest BCUT2D eigenvalue weighted by Crippen LogP contribution is 2.35. The van der Waals surface area contributed by atoms with Gasteiger partial charge in [-0.1, -0.05) is 50.1 Å². The molecule has 4 rings (SSSR count). The molecule has 0 aliphatic heterocycles. The Balaban J connectivity index is 1.74. The molecule has 32 heavy (non-hydrogen) atoms. The van der Waals surface area contributed by atoms with Gasteiger partial charge in [-0.3, -0.25) is 0 Å². The van der Waals surface area contributed by atoms with E-state index < -0.39 is 34.6 Å². The van der Waals surface area contributed by atoms with Gasteiger partial charge in [0.05, 0.1) is 5.56 Å². The molecule has 0 radical (unpaired) electrons. The second kappa shape index (κ2) is 9.11. The molecule has 0 fully saturated rings. The van der Waals surface area contributed by atoms with Crippen LogP contribution < -0.4 is 0 Å². The monoisotopic (exact) mass is 440 g/mol. The van der Waals surface area contributed by atoms with Gasteiger partial charge in [0, 0.05) is 17.0 Å². The lowest BCUT2D eigenvalue weighted by molar-refractivity contribution is 0.578. The lowest BCUT2D eigenvalue weighted by atomic mass is 9.95. The Morgan fingerprint density at radius 2 is 1.34 bits per heavy atom. The Morgan fingerprint density at radius 3 is 2.00 bits per heavy atom.